The van der Waals surface area contributed by atoms with Gasteiger partial charge >= 0.3 is 0 Å². The number of rotatable bonds is 11. The number of carbonyl (C=O) groups excluding carboxylic acids is 3. The maximum atomic E-state index is 14.3. The molecule has 2 aromatic carbocycles. The molecule has 2 aromatic rings. The summed E-state index contributed by atoms with van der Waals surface area (Å²) < 4.78 is 2.19. The number of hydrogen-bond acceptors (Lipinski definition) is 5. The molecule has 0 bridgehead atoms. The largest absolute Gasteiger partial charge is 0.871 e. The molecule has 0 saturated carbocycles. The van der Waals surface area contributed by atoms with Gasteiger partial charge in [-0.05, 0) is 64.3 Å². The molecule has 5 rings (SSSR count). The summed E-state index contributed by atoms with van der Waals surface area (Å²) in [5.41, 5.74) is 4.17. The highest BCUT2D eigenvalue weighted by molar-refractivity contribution is 6.52. The van der Waals surface area contributed by atoms with E-state index in [1.54, 1.807) is 0 Å². The molecule has 2 heterocycles. The van der Waals surface area contributed by atoms with Gasteiger partial charge in [-0.25, -0.2) is 4.58 Å². The first-order valence-corrected chi connectivity index (χ1v) is 17.8. The lowest BCUT2D eigenvalue weighted by molar-refractivity contribution is -0.292. The van der Waals surface area contributed by atoms with E-state index < -0.39 is 0 Å². The predicted octanol–water partition coefficient (Wildman–Crippen LogP) is 5.15. The van der Waals surface area contributed by atoms with Gasteiger partial charge in [0.1, 0.15) is 7.05 Å². The Morgan fingerprint density at radius 1 is 0.833 bits per heavy atom. The molecule has 8 heteroatoms. The van der Waals surface area contributed by atoms with Gasteiger partial charge in [0, 0.05) is 70.6 Å². The van der Waals surface area contributed by atoms with E-state index in [0.717, 1.165) is 60.7 Å². The van der Waals surface area contributed by atoms with Crippen molar-refractivity contribution in [3.63, 3.8) is 0 Å². The number of allylic oxidation sites excluding steroid dienone is 2. The average molecular weight is 655 g/mol. The number of fused-ring (bicyclic) bond motifs is 2. The first kappa shape index (κ1) is 35.4. The minimum atomic E-state index is -0.364. The van der Waals surface area contributed by atoms with Crippen LogP contribution >= 0.6 is 0 Å². The second-order valence-corrected chi connectivity index (χ2v) is 15.3. The molecular formula is C40H54N4O4. The molecule has 258 valence electrons. The van der Waals surface area contributed by atoms with Crippen LogP contribution in [0.15, 0.2) is 30.0 Å². The molecule has 0 fully saturated rings. The second-order valence-electron chi connectivity index (χ2n) is 15.3. The van der Waals surface area contributed by atoms with Crippen molar-refractivity contribution in [1.29, 1.82) is 0 Å². The molecule has 2 atom stereocenters. The van der Waals surface area contributed by atoms with E-state index >= 15 is 0 Å². The zero-order chi connectivity index (χ0) is 35.3. The van der Waals surface area contributed by atoms with Gasteiger partial charge in [-0.15, -0.1) is 0 Å². The summed E-state index contributed by atoms with van der Waals surface area (Å²) >= 11 is 0. The minimum Gasteiger partial charge on any atom is -0.871 e. The van der Waals surface area contributed by atoms with Crippen molar-refractivity contribution >= 4 is 45.8 Å². The minimum absolute atomic E-state index is 0.0835. The third-order valence-corrected chi connectivity index (χ3v) is 11.7. The highest BCUT2D eigenvalue weighted by atomic mass is 16.3. The number of nitrogens with one attached hydrogen (secondary N) is 2. The number of Topliss-reactive ketones (excluding diaryl/α,β-unsaturated/α-hetero) is 1. The van der Waals surface area contributed by atoms with Crippen molar-refractivity contribution in [3.8, 4) is 0 Å². The van der Waals surface area contributed by atoms with Gasteiger partial charge in [-0.1, -0.05) is 59.1 Å². The molecule has 0 radical (unpaired) electrons. The average Bonchev–Trinajstić information content (AvgIpc) is 3.30. The Morgan fingerprint density at radius 2 is 1.42 bits per heavy atom. The maximum Gasteiger partial charge on any atom is 0.224 e. The second kappa shape index (κ2) is 13.2. The zero-order valence-corrected chi connectivity index (χ0v) is 30.6. The molecule has 2 N–H and O–H groups in total. The van der Waals surface area contributed by atoms with Gasteiger partial charge in [-0.3, -0.25) is 14.4 Å². The van der Waals surface area contributed by atoms with E-state index in [1.165, 1.54) is 0 Å². The van der Waals surface area contributed by atoms with E-state index in [1.807, 2.05) is 38.4 Å². The monoisotopic (exact) mass is 654 g/mol. The Labute approximate surface area is 286 Å². The Hall–Kier alpha value is -3.94. The fourth-order valence-corrected chi connectivity index (χ4v) is 7.63. The van der Waals surface area contributed by atoms with Crippen LogP contribution in [0.3, 0.4) is 0 Å². The van der Waals surface area contributed by atoms with Crippen LogP contribution in [-0.2, 0) is 25.2 Å². The molecule has 0 saturated heterocycles. The molecule has 0 spiro atoms. The lowest BCUT2D eigenvalue weighted by atomic mass is 9.76. The number of hydrogen-bond donors (Lipinski definition) is 2. The molecule has 3 aliphatic rings. The van der Waals surface area contributed by atoms with Gasteiger partial charge in [-0.2, -0.15) is 0 Å². The van der Waals surface area contributed by atoms with Crippen molar-refractivity contribution in [3.05, 3.63) is 57.3 Å². The number of nitrogens with zero attached hydrogens (tertiary/aromatic N) is 2. The lowest BCUT2D eigenvalue weighted by Crippen LogP contribution is -2.37. The van der Waals surface area contributed by atoms with Crippen LogP contribution < -0.4 is 35.8 Å². The number of benzene rings is 2. The van der Waals surface area contributed by atoms with Crippen LogP contribution in [0.4, 0.5) is 17.1 Å². The molecule has 2 aliphatic heterocycles. The first-order chi connectivity index (χ1) is 22.6. The Bertz CT molecular complexity index is 1830. The predicted molar refractivity (Wildman–Crippen MR) is 194 cm³/mol. The standard InChI is InChI=1S/C40H54N4O4/c1-11-13-15-17-33(45)41-29-21-31-27(39(5,6)23(3)43(31)9)19-25(29)35-37(47)36(38(35)48)26-20-28-32(44(10)24(4)40(28,7)8)22-30(26)42-34(46)18-16-14-12-2/h19-24H,11-18H2,1-10H3,(H2,41,42,45,46,47,48). The van der Waals surface area contributed by atoms with Gasteiger partial charge in [0.15, 0.2) is 11.8 Å². The van der Waals surface area contributed by atoms with E-state index in [2.05, 4.69) is 75.5 Å². The van der Waals surface area contributed by atoms with E-state index in [4.69, 9.17) is 0 Å². The van der Waals surface area contributed by atoms with Crippen LogP contribution in [0, 0.1) is 0 Å². The smallest absolute Gasteiger partial charge is 0.224 e. The normalized spacial score (nSPS) is 21.7. The zero-order valence-electron chi connectivity index (χ0n) is 30.6. The molecule has 8 nitrogen and oxygen atoms in total. The molecule has 2 unspecified atom stereocenters. The number of anilines is 3. The molecule has 0 aromatic heterocycles. The summed E-state index contributed by atoms with van der Waals surface area (Å²) in [5, 5.41) is 21.9. The van der Waals surface area contributed by atoms with Gasteiger partial charge < -0.3 is 20.6 Å². The van der Waals surface area contributed by atoms with Crippen molar-refractivity contribution in [1.82, 2.24) is 4.58 Å². The highest BCUT2D eigenvalue weighted by Gasteiger charge is 2.44. The third-order valence-electron chi connectivity index (χ3n) is 11.7. The fourth-order valence-electron chi connectivity index (χ4n) is 7.63. The number of likely N-dealkylation sites (N-methyl/N-ethyl adjacent to an activating group) is 2. The first-order valence-electron chi connectivity index (χ1n) is 17.8. The number of carbonyl (C=O) groups is 3. The number of ketones is 1. The fraction of sp³-hybridized carbons (Fsp3) is 0.550. The highest BCUT2D eigenvalue weighted by Crippen LogP contribution is 2.49. The molecule has 2 amide bonds. The van der Waals surface area contributed by atoms with Crippen molar-refractivity contribution in [2.24, 2.45) is 0 Å². The summed E-state index contributed by atoms with van der Waals surface area (Å²) in [7, 11) is 4.07. The van der Waals surface area contributed by atoms with Gasteiger partial charge in [0.05, 0.1) is 16.8 Å². The van der Waals surface area contributed by atoms with Gasteiger partial charge in [0.2, 0.25) is 17.2 Å². The molecule has 48 heavy (non-hydrogen) atoms. The van der Waals surface area contributed by atoms with Gasteiger partial charge in [0.25, 0.3) is 0 Å². The maximum absolute atomic E-state index is 14.3. The van der Waals surface area contributed by atoms with Crippen molar-refractivity contribution in [2.45, 2.75) is 130 Å². The topological polar surface area (TPSA) is 105 Å². The molecule has 1 aliphatic carbocycles. The van der Waals surface area contributed by atoms with Crippen LogP contribution in [-0.4, -0.2) is 43.8 Å². The van der Waals surface area contributed by atoms with E-state index in [-0.39, 0.29) is 57.4 Å². The van der Waals surface area contributed by atoms with E-state index in [0.29, 0.717) is 35.0 Å². The summed E-state index contributed by atoms with van der Waals surface area (Å²) in [6.07, 6.45) is 6.20. The summed E-state index contributed by atoms with van der Waals surface area (Å²) in [6, 6.07) is 8.09. The number of amides is 2. The SMILES string of the molecule is CCCCCC(=O)Nc1cc2c(cc1C1=C([O-])/C(=c3/cc4c(cc3NC(=O)CCCCC)=[N+](C)C(C)C4(C)C)C1=O)C(C)(C)C(C)N2C. The number of unbranched alkanes of at least 4 members (excludes halogenated alkanes) is 4. The Kier molecular flexibility index (Phi) is 9.70. The quantitative estimate of drug-likeness (QED) is 0.258. The van der Waals surface area contributed by atoms with E-state index in [9.17, 15) is 19.5 Å². The van der Waals surface area contributed by atoms with Crippen molar-refractivity contribution in [2.75, 3.05) is 29.6 Å². The van der Waals surface area contributed by atoms with Crippen molar-refractivity contribution < 1.29 is 19.5 Å². The Morgan fingerprint density at radius 3 is 1.98 bits per heavy atom. The third kappa shape index (κ3) is 5.85. The van der Waals surface area contributed by atoms with Crippen LogP contribution in [0.2, 0.25) is 0 Å². The van der Waals surface area contributed by atoms with Crippen LogP contribution in [0.5, 0.6) is 0 Å². The van der Waals surface area contributed by atoms with Crippen LogP contribution in [0.1, 0.15) is 123 Å². The summed E-state index contributed by atoms with van der Waals surface area (Å²) in [4.78, 5) is 42.7. The lowest BCUT2D eigenvalue weighted by Gasteiger charge is -2.33. The Balaban J connectivity index is 1.70. The summed E-state index contributed by atoms with van der Waals surface area (Å²) in [6.45, 7) is 17.2. The summed E-state index contributed by atoms with van der Waals surface area (Å²) in [5.74, 6) is -0.989. The molecular weight excluding hydrogens is 600 g/mol. The van der Waals surface area contributed by atoms with Crippen LogP contribution in [0.25, 0.3) is 11.1 Å².